The highest BCUT2D eigenvalue weighted by atomic mass is 16.5. The summed E-state index contributed by atoms with van der Waals surface area (Å²) in [4.78, 5) is 17.7. The number of nitrogens with zero attached hydrogens (tertiary/aromatic N) is 2. The minimum atomic E-state index is -0.360. The largest absolute Gasteiger partial charge is 0.493 e. The van der Waals surface area contributed by atoms with E-state index in [4.69, 9.17) is 18.9 Å². The number of hydrogen-bond donors (Lipinski definition) is 0. The molecule has 168 valence electrons. The van der Waals surface area contributed by atoms with E-state index in [1.165, 1.54) is 32.4 Å². The summed E-state index contributed by atoms with van der Waals surface area (Å²) in [5.74, 6) is 1.14. The van der Waals surface area contributed by atoms with Crippen molar-refractivity contribution in [3.63, 3.8) is 0 Å². The molecule has 3 rings (SSSR count). The van der Waals surface area contributed by atoms with E-state index in [-0.39, 0.29) is 5.97 Å². The zero-order valence-electron chi connectivity index (χ0n) is 18.5. The molecule has 0 aliphatic carbocycles. The first-order chi connectivity index (χ1) is 14.7. The van der Waals surface area contributed by atoms with Crippen molar-refractivity contribution in [1.29, 1.82) is 0 Å². The zero-order chi connectivity index (χ0) is 21.2. The number of esters is 1. The second-order valence-electron chi connectivity index (χ2n) is 8.00. The van der Waals surface area contributed by atoms with Crippen molar-refractivity contribution in [3.8, 4) is 17.2 Å². The van der Waals surface area contributed by atoms with Crippen LogP contribution in [0.4, 0.5) is 0 Å². The number of hydrogen-bond acceptors (Lipinski definition) is 7. The van der Waals surface area contributed by atoms with Crippen molar-refractivity contribution in [2.75, 3.05) is 66.7 Å². The molecule has 0 radical (unpaired) electrons. The molecule has 1 saturated heterocycles. The summed E-state index contributed by atoms with van der Waals surface area (Å²) < 4.78 is 22.4. The number of benzene rings is 1. The predicted octanol–water partition coefficient (Wildman–Crippen LogP) is 3.21. The van der Waals surface area contributed by atoms with Crippen molar-refractivity contribution in [2.24, 2.45) is 0 Å². The molecule has 7 nitrogen and oxygen atoms in total. The molecule has 0 saturated carbocycles. The van der Waals surface area contributed by atoms with E-state index < -0.39 is 0 Å². The maximum atomic E-state index is 12.6. The minimum absolute atomic E-state index is 0.360. The Kier molecular flexibility index (Phi) is 9.08. The molecule has 0 amide bonds. The van der Waals surface area contributed by atoms with Gasteiger partial charge >= 0.3 is 5.97 Å². The van der Waals surface area contributed by atoms with Gasteiger partial charge in [-0.2, -0.15) is 0 Å². The second-order valence-corrected chi connectivity index (χ2v) is 8.00. The molecule has 0 spiro atoms. The number of ether oxygens (including phenoxy) is 4. The van der Waals surface area contributed by atoms with Gasteiger partial charge in [0.25, 0.3) is 0 Å². The van der Waals surface area contributed by atoms with Gasteiger partial charge in [0.2, 0.25) is 5.75 Å². The Bertz CT molecular complexity index is 682. The van der Waals surface area contributed by atoms with E-state index in [9.17, 15) is 4.79 Å². The van der Waals surface area contributed by atoms with Crippen LogP contribution in [0.5, 0.6) is 17.2 Å². The van der Waals surface area contributed by atoms with Crippen LogP contribution in [-0.2, 0) is 4.74 Å². The summed E-state index contributed by atoms with van der Waals surface area (Å²) in [6.07, 6.45) is 6.57. The molecule has 1 aromatic rings. The highest BCUT2D eigenvalue weighted by Gasteiger charge is 2.19. The van der Waals surface area contributed by atoms with Crippen molar-refractivity contribution >= 4 is 5.97 Å². The number of cyclic esters (lactones) is 1. The van der Waals surface area contributed by atoms with Gasteiger partial charge in [0, 0.05) is 19.6 Å². The molecule has 0 aromatic heterocycles. The first kappa shape index (κ1) is 22.7. The minimum Gasteiger partial charge on any atom is -0.493 e. The van der Waals surface area contributed by atoms with Gasteiger partial charge in [-0.05, 0) is 57.5 Å². The lowest BCUT2D eigenvalue weighted by Crippen LogP contribution is -2.32. The third-order valence-electron chi connectivity index (χ3n) is 5.84. The van der Waals surface area contributed by atoms with Gasteiger partial charge in [0.05, 0.1) is 33.0 Å². The molecule has 2 unspecified atom stereocenters. The molecular formula is C23H36N2O5. The molecule has 0 N–H and O–H groups in total. The van der Waals surface area contributed by atoms with E-state index in [0.29, 0.717) is 36.0 Å². The highest BCUT2D eigenvalue weighted by molar-refractivity contribution is 5.91. The van der Waals surface area contributed by atoms with Crippen LogP contribution in [0.2, 0.25) is 0 Å². The van der Waals surface area contributed by atoms with Gasteiger partial charge in [-0.25, -0.2) is 4.79 Å². The fourth-order valence-corrected chi connectivity index (χ4v) is 4.14. The zero-order valence-corrected chi connectivity index (χ0v) is 18.5. The van der Waals surface area contributed by atoms with E-state index in [1.807, 2.05) is 0 Å². The third kappa shape index (κ3) is 6.51. The quantitative estimate of drug-likeness (QED) is 0.681. The van der Waals surface area contributed by atoms with Gasteiger partial charge in [0.1, 0.15) is 0 Å². The SMILES string of the molecule is COc1cc2cc(c1OC)OCCCCCCN1CCCN(CCCOC2=O)CC1. The lowest BCUT2D eigenvalue weighted by atomic mass is 10.1. The summed E-state index contributed by atoms with van der Waals surface area (Å²) >= 11 is 0. The normalized spacial score (nSPS) is 24.4. The van der Waals surface area contributed by atoms with Crippen molar-refractivity contribution in [1.82, 2.24) is 9.80 Å². The number of carbonyl (C=O) groups excluding carboxylic acids is 1. The van der Waals surface area contributed by atoms with Crippen LogP contribution in [0.15, 0.2) is 12.1 Å². The van der Waals surface area contributed by atoms with Crippen molar-refractivity contribution in [3.05, 3.63) is 17.7 Å². The van der Waals surface area contributed by atoms with Crippen LogP contribution in [0.25, 0.3) is 0 Å². The van der Waals surface area contributed by atoms with Crippen LogP contribution in [0.1, 0.15) is 48.9 Å². The lowest BCUT2D eigenvalue weighted by Gasteiger charge is -2.21. The summed E-state index contributed by atoms with van der Waals surface area (Å²) in [6.45, 7) is 7.67. The molecule has 2 atom stereocenters. The van der Waals surface area contributed by atoms with Crippen LogP contribution >= 0.6 is 0 Å². The Morgan fingerprint density at radius 3 is 2.13 bits per heavy atom. The fraction of sp³-hybridized carbons (Fsp3) is 0.696. The molecule has 1 fully saturated rings. The second kappa shape index (κ2) is 12.0. The Morgan fingerprint density at radius 1 is 0.733 bits per heavy atom. The van der Waals surface area contributed by atoms with E-state index in [0.717, 1.165) is 45.4 Å². The summed E-state index contributed by atoms with van der Waals surface area (Å²) in [7, 11) is 3.13. The molecule has 2 aliphatic heterocycles. The summed E-state index contributed by atoms with van der Waals surface area (Å²) in [5.41, 5.74) is 0.422. The molecule has 30 heavy (non-hydrogen) atoms. The molecular weight excluding hydrogens is 384 g/mol. The van der Waals surface area contributed by atoms with Crippen molar-refractivity contribution in [2.45, 2.75) is 38.5 Å². The maximum Gasteiger partial charge on any atom is 0.338 e. The number of methoxy groups -OCH3 is 2. The first-order valence-electron chi connectivity index (χ1n) is 11.2. The van der Waals surface area contributed by atoms with Crippen LogP contribution < -0.4 is 14.2 Å². The van der Waals surface area contributed by atoms with E-state index >= 15 is 0 Å². The smallest absolute Gasteiger partial charge is 0.338 e. The molecule has 2 aliphatic rings. The average Bonchev–Trinajstić information content (AvgIpc) is 2.99. The summed E-state index contributed by atoms with van der Waals surface area (Å²) in [6, 6.07) is 3.35. The topological polar surface area (TPSA) is 60.5 Å². The molecule has 7 heteroatoms. The Balaban J connectivity index is 1.70. The third-order valence-corrected chi connectivity index (χ3v) is 5.84. The van der Waals surface area contributed by atoms with Gasteiger partial charge in [-0.3, -0.25) is 0 Å². The monoisotopic (exact) mass is 420 g/mol. The van der Waals surface area contributed by atoms with Gasteiger partial charge in [0.15, 0.2) is 11.5 Å². The maximum absolute atomic E-state index is 12.6. The Hall–Kier alpha value is -1.99. The number of carbonyl (C=O) groups is 1. The molecule has 2 heterocycles. The summed E-state index contributed by atoms with van der Waals surface area (Å²) in [5, 5.41) is 0. The van der Waals surface area contributed by atoms with Gasteiger partial charge in [-0.1, -0.05) is 12.8 Å². The average molecular weight is 421 g/mol. The first-order valence-corrected chi connectivity index (χ1v) is 11.2. The molecule has 4 bridgehead atoms. The highest BCUT2D eigenvalue weighted by Crippen LogP contribution is 2.38. The molecule has 1 aromatic carbocycles. The van der Waals surface area contributed by atoms with E-state index in [1.54, 1.807) is 26.4 Å². The van der Waals surface area contributed by atoms with Gasteiger partial charge < -0.3 is 28.7 Å². The standard InChI is InChI=1S/C23H36N2O5/c1-27-20-17-19-18-21(22(20)28-2)29-15-6-4-3-5-9-24-10-7-11-25(14-13-24)12-8-16-30-23(19)26/h17-18H,3-16H2,1-2H3. The lowest BCUT2D eigenvalue weighted by molar-refractivity contribution is 0.0487. The van der Waals surface area contributed by atoms with Crippen molar-refractivity contribution < 1.29 is 23.7 Å². The van der Waals surface area contributed by atoms with Crippen LogP contribution in [0.3, 0.4) is 0 Å². The Morgan fingerprint density at radius 2 is 1.40 bits per heavy atom. The van der Waals surface area contributed by atoms with Gasteiger partial charge in [-0.15, -0.1) is 0 Å². The fourth-order valence-electron chi connectivity index (χ4n) is 4.14. The van der Waals surface area contributed by atoms with Crippen LogP contribution in [-0.4, -0.2) is 82.5 Å². The Labute approximate surface area is 180 Å². The number of rotatable bonds is 2. The van der Waals surface area contributed by atoms with E-state index in [2.05, 4.69) is 9.80 Å². The van der Waals surface area contributed by atoms with Crippen LogP contribution in [0, 0.1) is 0 Å². The predicted molar refractivity (Wildman–Crippen MR) is 116 cm³/mol. The number of fused-ring (bicyclic) bond motifs is 5.